The highest BCUT2D eigenvalue weighted by atomic mass is 35.5. The van der Waals surface area contributed by atoms with Gasteiger partial charge < -0.3 is 20.4 Å². The predicted octanol–water partition coefficient (Wildman–Crippen LogP) is 3.36. The number of fused-ring (bicyclic) bond motifs is 1. The first-order valence-corrected chi connectivity index (χ1v) is 9.89. The summed E-state index contributed by atoms with van der Waals surface area (Å²) < 4.78 is 13.3. The molecule has 2 heterocycles. The molecule has 8 heteroatoms. The summed E-state index contributed by atoms with van der Waals surface area (Å²) in [6.07, 6.45) is 1.18. The van der Waals surface area contributed by atoms with Crippen molar-refractivity contribution in [1.82, 2.24) is 15.5 Å². The van der Waals surface area contributed by atoms with Gasteiger partial charge in [-0.05, 0) is 35.9 Å². The van der Waals surface area contributed by atoms with E-state index < -0.39 is 5.66 Å². The SMILES string of the molecule is CN1c2cc(Cl)ccc2C(=O)NC12CCN(C(=O)NCc1cccc(F)c1)CC2. The molecule has 152 valence electrons. The van der Waals surface area contributed by atoms with Crippen LogP contribution in [0, 0.1) is 5.82 Å². The molecule has 0 aromatic heterocycles. The lowest BCUT2D eigenvalue weighted by Gasteiger charge is -2.51. The Morgan fingerprint density at radius 3 is 2.72 bits per heavy atom. The largest absolute Gasteiger partial charge is 0.351 e. The van der Waals surface area contributed by atoms with Gasteiger partial charge in [-0.1, -0.05) is 23.7 Å². The van der Waals surface area contributed by atoms with Gasteiger partial charge in [-0.15, -0.1) is 0 Å². The quantitative estimate of drug-likeness (QED) is 0.789. The van der Waals surface area contributed by atoms with Crippen molar-refractivity contribution in [3.05, 3.63) is 64.4 Å². The Morgan fingerprint density at radius 2 is 2.00 bits per heavy atom. The fraction of sp³-hybridized carbons (Fsp3) is 0.333. The standard InChI is InChI=1S/C21H22ClFN4O2/c1-26-18-12-15(22)5-6-17(18)19(28)25-21(26)7-9-27(10-8-21)20(29)24-13-14-3-2-4-16(23)11-14/h2-6,11-12H,7-10,13H2,1H3,(H,24,29)(H,25,28). The van der Waals surface area contributed by atoms with Crippen LogP contribution >= 0.6 is 11.6 Å². The number of carbonyl (C=O) groups excluding carboxylic acids is 2. The van der Waals surface area contributed by atoms with Crippen LogP contribution in [0.5, 0.6) is 0 Å². The maximum atomic E-state index is 13.3. The van der Waals surface area contributed by atoms with E-state index in [1.54, 1.807) is 35.2 Å². The highest BCUT2D eigenvalue weighted by Crippen LogP contribution is 2.37. The Kier molecular flexibility index (Phi) is 5.08. The van der Waals surface area contributed by atoms with Crippen LogP contribution in [0.1, 0.15) is 28.8 Å². The number of carbonyl (C=O) groups is 2. The van der Waals surface area contributed by atoms with Crippen LogP contribution in [0.25, 0.3) is 0 Å². The number of hydrogen-bond donors (Lipinski definition) is 2. The molecule has 6 nitrogen and oxygen atoms in total. The molecule has 2 aromatic carbocycles. The Hall–Kier alpha value is -2.80. The van der Waals surface area contributed by atoms with Crippen molar-refractivity contribution in [2.45, 2.75) is 25.0 Å². The van der Waals surface area contributed by atoms with Crippen LogP contribution in [0.4, 0.5) is 14.9 Å². The number of nitrogens with one attached hydrogen (secondary N) is 2. The molecule has 0 bridgehead atoms. The number of benzene rings is 2. The van der Waals surface area contributed by atoms with E-state index in [0.717, 1.165) is 5.69 Å². The number of nitrogens with zero attached hydrogens (tertiary/aromatic N) is 2. The first-order chi connectivity index (χ1) is 13.9. The fourth-order valence-corrected chi connectivity index (χ4v) is 4.21. The predicted molar refractivity (Wildman–Crippen MR) is 109 cm³/mol. The summed E-state index contributed by atoms with van der Waals surface area (Å²) in [5.41, 5.74) is 1.55. The lowest BCUT2D eigenvalue weighted by molar-refractivity contribution is 0.0810. The van der Waals surface area contributed by atoms with E-state index in [1.165, 1.54) is 12.1 Å². The second-order valence-corrected chi connectivity index (χ2v) is 7.92. The number of likely N-dealkylation sites (tertiary alicyclic amines) is 1. The van der Waals surface area contributed by atoms with Gasteiger partial charge in [0.2, 0.25) is 0 Å². The highest BCUT2D eigenvalue weighted by molar-refractivity contribution is 6.31. The summed E-state index contributed by atoms with van der Waals surface area (Å²) in [6, 6.07) is 11.2. The third-order valence-electron chi connectivity index (χ3n) is 5.76. The third-order valence-corrected chi connectivity index (χ3v) is 6.00. The summed E-state index contributed by atoms with van der Waals surface area (Å²) >= 11 is 6.13. The normalized spacial score (nSPS) is 17.7. The highest BCUT2D eigenvalue weighted by Gasteiger charge is 2.44. The van der Waals surface area contributed by atoms with Gasteiger partial charge in [-0.25, -0.2) is 9.18 Å². The van der Waals surface area contributed by atoms with Crippen molar-refractivity contribution < 1.29 is 14.0 Å². The first kappa shape index (κ1) is 19.5. The van der Waals surface area contributed by atoms with Gasteiger partial charge in [0.1, 0.15) is 11.5 Å². The van der Waals surface area contributed by atoms with Crippen molar-refractivity contribution in [1.29, 1.82) is 0 Å². The summed E-state index contributed by atoms with van der Waals surface area (Å²) in [7, 11) is 1.94. The average molecular weight is 417 g/mol. The molecule has 2 N–H and O–H groups in total. The van der Waals surface area contributed by atoms with Gasteiger partial charge in [0.25, 0.3) is 5.91 Å². The molecule has 2 aromatic rings. The van der Waals surface area contributed by atoms with E-state index in [2.05, 4.69) is 15.5 Å². The van der Waals surface area contributed by atoms with Crippen molar-refractivity contribution in [3.63, 3.8) is 0 Å². The lowest BCUT2D eigenvalue weighted by Crippen LogP contribution is -2.67. The minimum absolute atomic E-state index is 0.126. The summed E-state index contributed by atoms with van der Waals surface area (Å²) in [4.78, 5) is 28.9. The summed E-state index contributed by atoms with van der Waals surface area (Å²) in [6.45, 7) is 1.26. The second-order valence-electron chi connectivity index (χ2n) is 7.48. The van der Waals surface area contributed by atoms with E-state index in [4.69, 9.17) is 11.6 Å². The van der Waals surface area contributed by atoms with E-state index >= 15 is 0 Å². The molecule has 2 aliphatic heterocycles. The third kappa shape index (κ3) is 3.74. The lowest BCUT2D eigenvalue weighted by atomic mass is 9.90. The number of piperidine rings is 1. The Bertz CT molecular complexity index is 959. The van der Waals surface area contributed by atoms with Gasteiger partial charge in [0.15, 0.2) is 0 Å². The molecule has 0 atom stereocenters. The van der Waals surface area contributed by atoms with E-state index in [-0.39, 0.29) is 24.3 Å². The molecule has 0 unspecified atom stereocenters. The molecule has 0 radical (unpaired) electrons. The minimum Gasteiger partial charge on any atom is -0.351 e. The van der Waals surface area contributed by atoms with Crippen LogP contribution in [0.3, 0.4) is 0 Å². The number of anilines is 1. The number of halogens is 2. The maximum absolute atomic E-state index is 13.3. The van der Waals surface area contributed by atoms with Crippen LogP contribution in [0.15, 0.2) is 42.5 Å². The van der Waals surface area contributed by atoms with Crippen molar-refractivity contribution in [2.75, 3.05) is 25.0 Å². The van der Waals surface area contributed by atoms with Gasteiger partial charge >= 0.3 is 6.03 Å². The Balaban J connectivity index is 1.41. The van der Waals surface area contributed by atoms with Crippen LogP contribution in [-0.2, 0) is 6.54 Å². The Morgan fingerprint density at radius 1 is 1.24 bits per heavy atom. The van der Waals surface area contributed by atoms with E-state index in [1.807, 2.05) is 7.05 Å². The molecule has 2 aliphatic rings. The van der Waals surface area contributed by atoms with Gasteiger partial charge in [0, 0.05) is 44.5 Å². The van der Waals surface area contributed by atoms with E-state index in [0.29, 0.717) is 42.1 Å². The minimum atomic E-state index is -0.548. The number of hydrogen-bond acceptors (Lipinski definition) is 3. The van der Waals surface area contributed by atoms with Crippen LogP contribution in [-0.4, -0.2) is 42.6 Å². The Labute approximate surface area is 173 Å². The smallest absolute Gasteiger partial charge is 0.317 e. The van der Waals surface area contributed by atoms with Crippen molar-refractivity contribution in [2.24, 2.45) is 0 Å². The van der Waals surface area contributed by atoms with E-state index in [9.17, 15) is 14.0 Å². The van der Waals surface area contributed by atoms with Crippen LogP contribution in [0.2, 0.25) is 5.02 Å². The second kappa shape index (κ2) is 7.55. The molecule has 1 spiro atoms. The molecular formula is C21H22ClFN4O2. The fourth-order valence-electron chi connectivity index (χ4n) is 4.04. The van der Waals surface area contributed by atoms with Gasteiger partial charge in [0.05, 0.1) is 11.3 Å². The summed E-state index contributed by atoms with van der Waals surface area (Å²) in [5.74, 6) is -0.452. The first-order valence-electron chi connectivity index (χ1n) is 9.51. The number of amides is 3. The summed E-state index contributed by atoms with van der Waals surface area (Å²) in [5, 5.41) is 6.54. The van der Waals surface area contributed by atoms with Crippen molar-refractivity contribution in [3.8, 4) is 0 Å². The molecule has 4 rings (SSSR count). The molecule has 0 saturated carbocycles. The molecule has 1 saturated heterocycles. The molecule has 29 heavy (non-hydrogen) atoms. The van der Waals surface area contributed by atoms with Gasteiger partial charge in [-0.2, -0.15) is 0 Å². The number of urea groups is 1. The monoisotopic (exact) mass is 416 g/mol. The molecule has 0 aliphatic carbocycles. The maximum Gasteiger partial charge on any atom is 0.317 e. The van der Waals surface area contributed by atoms with Crippen molar-refractivity contribution >= 4 is 29.2 Å². The average Bonchev–Trinajstić information content (AvgIpc) is 2.71. The topological polar surface area (TPSA) is 64.7 Å². The zero-order chi connectivity index (χ0) is 20.6. The number of rotatable bonds is 2. The molecule has 1 fully saturated rings. The zero-order valence-electron chi connectivity index (χ0n) is 16.0. The zero-order valence-corrected chi connectivity index (χ0v) is 16.8. The van der Waals surface area contributed by atoms with Gasteiger partial charge in [-0.3, -0.25) is 4.79 Å². The molecular weight excluding hydrogens is 395 g/mol. The molecule has 3 amide bonds. The van der Waals surface area contributed by atoms with Crippen LogP contribution < -0.4 is 15.5 Å².